The first-order chi connectivity index (χ1) is 59.1. The van der Waals surface area contributed by atoms with Gasteiger partial charge in [-0.25, -0.2) is 54.2 Å². The Bertz CT molecular complexity index is 6660. The van der Waals surface area contributed by atoms with Crippen LogP contribution in [0.3, 0.4) is 0 Å². The van der Waals surface area contributed by atoms with Crippen molar-refractivity contribution in [2.45, 2.75) is 0 Å². The molecular formula is C94H76ClFN22O2. The summed E-state index contributed by atoms with van der Waals surface area (Å²) in [5.41, 5.74) is 17.9. The monoisotopic (exact) mass is 1600 g/mol. The Morgan fingerprint density at radius 1 is 0.358 bits per heavy atom. The highest BCUT2D eigenvalue weighted by atomic mass is 35.5. The zero-order chi connectivity index (χ0) is 81.8. The van der Waals surface area contributed by atoms with Gasteiger partial charge in [0.2, 0.25) is 0 Å². The van der Waals surface area contributed by atoms with E-state index in [1.54, 1.807) is 81.9 Å². The summed E-state index contributed by atoms with van der Waals surface area (Å²) in [5.74, 6) is 8.76. The van der Waals surface area contributed by atoms with E-state index in [4.69, 9.17) is 51.7 Å². The molecule has 0 unspecified atom stereocenters. The number of anilines is 10. The van der Waals surface area contributed by atoms with Gasteiger partial charge in [0.25, 0.3) is 0 Å². The van der Waals surface area contributed by atoms with Crippen molar-refractivity contribution in [1.29, 1.82) is 0 Å². The van der Waals surface area contributed by atoms with Crippen molar-refractivity contribution in [3.63, 3.8) is 0 Å². The number of hydrogen-bond acceptors (Lipinski definition) is 23. The molecule has 24 nitrogen and oxygen atoms in total. The van der Waals surface area contributed by atoms with Gasteiger partial charge >= 0.3 is 0 Å². The lowest BCUT2D eigenvalue weighted by Gasteiger charge is -2.29. The highest BCUT2D eigenvalue weighted by Gasteiger charge is 2.21. The van der Waals surface area contributed by atoms with Gasteiger partial charge in [-0.1, -0.05) is 139 Å². The summed E-state index contributed by atoms with van der Waals surface area (Å²) in [5, 5.41) is 28.8. The molecule has 1 aliphatic heterocycles. The van der Waals surface area contributed by atoms with Crippen LogP contribution < -0.4 is 46.7 Å². The van der Waals surface area contributed by atoms with Crippen molar-refractivity contribution < 1.29 is 13.9 Å². The largest absolute Gasteiger partial charge is 0.493 e. The topological polar surface area (TPSA) is 304 Å². The Kier molecular flexibility index (Phi) is 24.5. The normalized spacial score (nSPS) is 11.5. The SMILES string of the molecule is COc1cc2nc(-c3ccccc3Cl)nc(Nc3ccncc3)c2cc1OC.Nc1ccc2c(Nc3ccncc3)nc(-c3ccc(F)cc3)nc2c1.c1ccc(-c2nc(N3CCNCC3)c3ccccc3n2)cc1.c1ccc(-c2nc(Nc3ccn[nH]3)c3ccccc3n2)cc1.c1ccc(Nc2nc(-c3ccncc3)nc3ccccc23)cc1. The summed E-state index contributed by atoms with van der Waals surface area (Å²) in [7, 11) is 3.19. The van der Waals surface area contributed by atoms with Gasteiger partial charge in [-0.15, -0.1) is 0 Å². The molecule has 0 radical (unpaired) electrons. The third-order valence-electron chi connectivity index (χ3n) is 19.0. The molecule has 26 heteroatoms. The van der Waals surface area contributed by atoms with E-state index in [1.165, 1.54) is 12.1 Å². The number of halogens is 2. The molecule has 19 aromatic rings. The van der Waals surface area contributed by atoms with Crippen LogP contribution in [0.4, 0.5) is 62.0 Å². The van der Waals surface area contributed by atoms with Gasteiger partial charge in [0, 0.05) is 153 Å². The van der Waals surface area contributed by atoms with E-state index >= 15 is 0 Å². The number of aromatic nitrogens is 15. The number of ether oxygens (including phenoxy) is 2. The van der Waals surface area contributed by atoms with E-state index in [-0.39, 0.29) is 5.82 Å². The number of fused-ring (bicyclic) bond motifs is 5. The van der Waals surface area contributed by atoms with Crippen molar-refractivity contribution in [2.24, 2.45) is 0 Å². The summed E-state index contributed by atoms with van der Waals surface area (Å²) in [4.78, 5) is 61.5. The van der Waals surface area contributed by atoms with Gasteiger partial charge in [0.15, 0.2) is 40.6 Å². The van der Waals surface area contributed by atoms with E-state index in [2.05, 4.69) is 112 Å². The number of pyridine rings is 3. The Balaban J connectivity index is 0.000000112. The minimum Gasteiger partial charge on any atom is -0.493 e. The Labute approximate surface area is 694 Å². The quantitative estimate of drug-likeness (QED) is 0.0442. The lowest BCUT2D eigenvalue weighted by molar-refractivity contribution is 0.356. The second-order valence-electron chi connectivity index (χ2n) is 27.0. The molecule has 1 saturated heterocycles. The molecule has 1 fully saturated rings. The number of para-hydroxylation sites is 4. The maximum atomic E-state index is 13.2. The molecule has 0 saturated carbocycles. The summed E-state index contributed by atoms with van der Waals surface area (Å²) in [6.45, 7) is 3.96. The first kappa shape index (κ1) is 78.0. The van der Waals surface area contributed by atoms with Crippen LogP contribution in [0.1, 0.15) is 0 Å². The van der Waals surface area contributed by atoms with Crippen LogP contribution in [0.2, 0.25) is 5.02 Å². The number of piperazine rings is 1. The van der Waals surface area contributed by atoms with Crippen LogP contribution in [-0.2, 0) is 0 Å². The number of nitrogens with one attached hydrogen (secondary N) is 6. The van der Waals surface area contributed by atoms with Gasteiger partial charge in [-0.2, -0.15) is 5.10 Å². The molecule has 1 aliphatic rings. The summed E-state index contributed by atoms with van der Waals surface area (Å²) >= 11 is 6.38. The number of benzene rings is 10. The van der Waals surface area contributed by atoms with E-state index in [1.807, 2.05) is 218 Å². The van der Waals surface area contributed by atoms with Crippen molar-refractivity contribution in [2.75, 3.05) is 72.3 Å². The highest BCUT2D eigenvalue weighted by Crippen LogP contribution is 2.39. The standard InChI is InChI=1S/C21H17ClN4O2.C19H14FN5.C19H14N4.C18H18N4.C17H13N5/c1-27-18-11-15-17(12-19(18)28-2)25-20(14-5-3-4-6-16(14)22)26-21(15)24-13-7-9-23-10-8-13;20-13-3-1-12(2-4-13)18-24-17-11-14(21)5-6-16(17)19(25-18)23-15-7-9-22-10-8-15;1-2-6-15(7-3-1)21-19-16-8-4-5-9-17(16)22-18(23-19)14-10-12-20-13-11-14;1-2-6-14(7-3-1)17-20-16-9-5-4-8-15(16)18(21-17)22-12-10-19-11-13-22;1-2-6-12(7-3-1)16-19-14-9-5-4-8-13(14)17(21-16)20-15-10-11-18-22-15/h3-12H,1-2H3,(H,23,24,25,26);1-11H,21H2,(H,22,23,24,25);1-13H,(H,21,22,23);1-9,19H,10-13H2;1-11H,(H2,18,19,20,21,22). The van der Waals surface area contributed by atoms with Crippen molar-refractivity contribution in [3.8, 4) is 68.4 Å². The van der Waals surface area contributed by atoms with Crippen LogP contribution in [0, 0.1) is 5.82 Å². The van der Waals surface area contributed by atoms with Crippen molar-refractivity contribution in [1.82, 2.24) is 80.3 Å². The fourth-order valence-electron chi connectivity index (χ4n) is 13.1. The molecule has 120 heavy (non-hydrogen) atoms. The third-order valence-corrected chi connectivity index (χ3v) is 19.4. The molecule has 20 rings (SSSR count). The molecule has 8 N–H and O–H groups in total. The smallest absolute Gasteiger partial charge is 0.163 e. The van der Waals surface area contributed by atoms with Crippen LogP contribution in [0.25, 0.3) is 111 Å². The molecule has 588 valence electrons. The van der Waals surface area contributed by atoms with Crippen LogP contribution in [0.5, 0.6) is 11.5 Å². The average Bonchev–Trinajstić information content (AvgIpc) is 0.828. The fraction of sp³-hybridized carbons (Fsp3) is 0.0638. The minimum atomic E-state index is -0.302. The zero-order valence-electron chi connectivity index (χ0n) is 64.9. The maximum absolute atomic E-state index is 13.2. The number of methoxy groups -OCH3 is 2. The summed E-state index contributed by atoms with van der Waals surface area (Å²) in [6.07, 6.45) is 12.0. The minimum absolute atomic E-state index is 0.302. The third kappa shape index (κ3) is 19.1. The van der Waals surface area contributed by atoms with Gasteiger partial charge in [-0.05, 0) is 146 Å². The molecule has 10 aromatic carbocycles. The molecule has 0 aliphatic carbocycles. The Morgan fingerprint density at radius 3 is 1.32 bits per heavy atom. The summed E-state index contributed by atoms with van der Waals surface area (Å²) in [6, 6.07) is 90.2. The molecule has 0 amide bonds. The second kappa shape index (κ2) is 37.6. The predicted molar refractivity (Wildman–Crippen MR) is 477 cm³/mol. The van der Waals surface area contributed by atoms with E-state index < -0.39 is 0 Å². The highest BCUT2D eigenvalue weighted by molar-refractivity contribution is 6.33. The zero-order valence-corrected chi connectivity index (χ0v) is 65.6. The molecular weight excluding hydrogens is 1520 g/mol. The Hall–Kier alpha value is -15.9. The molecule has 0 bridgehead atoms. The predicted octanol–water partition coefficient (Wildman–Crippen LogP) is 20.2. The fourth-order valence-corrected chi connectivity index (χ4v) is 13.3. The van der Waals surface area contributed by atoms with Crippen LogP contribution in [0.15, 0.2) is 328 Å². The van der Waals surface area contributed by atoms with Gasteiger partial charge in [0.05, 0.1) is 53.0 Å². The van der Waals surface area contributed by atoms with E-state index in [9.17, 15) is 4.39 Å². The molecule has 0 atom stereocenters. The number of nitrogens with two attached hydrogens (primary N) is 1. The van der Waals surface area contributed by atoms with Gasteiger partial charge in [-0.3, -0.25) is 20.1 Å². The number of rotatable bonds is 16. The lowest BCUT2D eigenvalue weighted by atomic mass is 10.1. The number of nitrogen functional groups attached to an aromatic ring is 1. The van der Waals surface area contributed by atoms with Gasteiger partial charge < -0.3 is 46.7 Å². The first-order valence-corrected chi connectivity index (χ1v) is 38.7. The van der Waals surface area contributed by atoms with Crippen molar-refractivity contribution in [3.05, 3.63) is 339 Å². The lowest BCUT2D eigenvalue weighted by Crippen LogP contribution is -2.44. The van der Waals surface area contributed by atoms with Crippen LogP contribution in [-0.4, -0.2) is 115 Å². The summed E-state index contributed by atoms with van der Waals surface area (Å²) < 4.78 is 24.1. The molecule has 10 heterocycles. The molecule has 0 spiro atoms. The van der Waals surface area contributed by atoms with Crippen LogP contribution >= 0.6 is 11.6 Å². The number of hydrogen-bond donors (Lipinski definition) is 7. The first-order valence-electron chi connectivity index (χ1n) is 38.3. The van der Waals surface area contributed by atoms with Gasteiger partial charge in [0.1, 0.15) is 40.7 Å². The Morgan fingerprint density at radius 2 is 0.775 bits per heavy atom. The van der Waals surface area contributed by atoms with E-state index in [0.717, 1.165) is 144 Å². The van der Waals surface area contributed by atoms with E-state index in [0.29, 0.717) is 68.2 Å². The number of nitrogens with zero attached hydrogens (tertiary/aromatic N) is 15. The molecule has 9 aromatic heterocycles. The average molecular weight is 1600 g/mol. The number of H-pyrrole nitrogens is 1. The number of aromatic amines is 1. The maximum Gasteiger partial charge on any atom is 0.163 e. The van der Waals surface area contributed by atoms with Crippen molar-refractivity contribution >= 4 is 124 Å². The second-order valence-corrected chi connectivity index (χ2v) is 27.4.